The van der Waals surface area contributed by atoms with Crippen LogP contribution in [0.4, 0.5) is 5.69 Å². The van der Waals surface area contributed by atoms with Crippen LogP contribution in [0.15, 0.2) is 18.2 Å². The fourth-order valence-electron chi connectivity index (χ4n) is 2.04. The molecule has 1 aromatic carbocycles. The lowest BCUT2D eigenvalue weighted by atomic mass is 9.86. The minimum absolute atomic E-state index is 0.231. The van der Waals surface area contributed by atoms with Gasteiger partial charge >= 0.3 is 0 Å². The molecule has 1 atom stereocenters. The first-order valence-electron chi connectivity index (χ1n) is 6.48. The van der Waals surface area contributed by atoms with Crippen LogP contribution in [-0.4, -0.2) is 19.6 Å². The van der Waals surface area contributed by atoms with Crippen molar-refractivity contribution in [3.05, 3.63) is 28.8 Å². The zero-order valence-corrected chi connectivity index (χ0v) is 12.9. The summed E-state index contributed by atoms with van der Waals surface area (Å²) in [4.78, 5) is 2.32. The molecule has 1 rings (SSSR count). The Kier molecular flexibility index (Phi) is 5.06. The Morgan fingerprint density at radius 3 is 2.44 bits per heavy atom. The number of halogens is 1. The maximum absolute atomic E-state index is 6.07. The predicted octanol–water partition coefficient (Wildman–Crippen LogP) is 3.71. The van der Waals surface area contributed by atoms with E-state index in [1.165, 1.54) is 11.3 Å². The van der Waals surface area contributed by atoms with Gasteiger partial charge in [-0.2, -0.15) is 0 Å². The van der Waals surface area contributed by atoms with Crippen LogP contribution in [0.2, 0.25) is 5.02 Å². The van der Waals surface area contributed by atoms with E-state index in [-0.39, 0.29) is 5.41 Å². The van der Waals surface area contributed by atoms with Gasteiger partial charge in [0.15, 0.2) is 0 Å². The van der Waals surface area contributed by atoms with Crippen LogP contribution in [0.25, 0.3) is 0 Å². The summed E-state index contributed by atoms with van der Waals surface area (Å²) in [5, 5.41) is 0.777. The lowest BCUT2D eigenvalue weighted by Crippen LogP contribution is -2.39. The molecule has 0 aliphatic heterocycles. The van der Waals surface area contributed by atoms with Crippen LogP contribution in [0.3, 0.4) is 0 Å². The van der Waals surface area contributed by atoms with Crippen LogP contribution < -0.4 is 10.6 Å². The molecular formula is C15H25ClN2. The van der Waals surface area contributed by atoms with Crippen molar-refractivity contribution in [2.45, 2.75) is 40.2 Å². The molecule has 0 fully saturated rings. The summed E-state index contributed by atoms with van der Waals surface area (Å²) in [6.45, 7) is 9.66. The molecular weight excluding hydrogens is 244 g/mol. The van der Waals surface area contributed by atoms with Gasteiger partial charge in [-0.3, -0.25) is 0 Å². The first-order valence-corrected chi connectivity index (χ1v) is 6.86. The molecule has 102 valence electrons. The van der Waals surface area contributed by atoms with Gasteiger partial charge in [0.2, 0.25) is 0 Å². The summed E-state index contributed by atoms with van der Waals surface area (Å²) in [7, 11) is 2.14. The average molecular weight is 269 g/mol. The van der Waals surface area contributed by atoms with E-state index in [0.29, 0.717) is 12.6 Å². The maximum Gasteiger partial charge on any atom is 0.0410 e. The highest BCUT2D eigenvalue weighted by atomic mass is 35.5. The minimum atomic E-state index is 0.231. The number of benzene rings is 1. The lowest BCUT2D eigenvalue weighted by Gasteiger charge is -2.38. The Morgan fingerprint density at radius 1 is 1.33 bits per heavy atom. The molecule has 1 aromatic rings. The zero-order valence-electron chi connectivity index (χ0n) is 12.1. The summed E-state index contributed by atoms with van der Waals surface area (Å²) >= 11 is 6.07. The maximum atomic E-state index is 6.07. The third kappa shape index (κ3) is 3.63. The first-order chi connectivity index (χ1) is 8.27. The van der Waals surface area contributed by atoms with Gasteiger partial charge in [0.25, 0.3) is 0 Å². The molecule has 0 radical (unpaired) electrons. The fourth-order valence-corrected chi connectivity index (χ4v) is 2.24. The quantitative estimate of drug-likeness (QED) is 0.902. The van der Waals surface area contributed by atoms with Crippen molar-refractivity contribution in [2.24, 2.45) is 11.1 Å². The number of nitrogens with two attached hydrogens (primary N) is 1. The van der Waals surface area contributed by atoms with Gasteiger partial charge in [-0.25, -0.2) is 0 Å². The van der Waals surface area contributed by atoms with Crippen molar-refractivity contribution in [1.29, 1.82) is 0 Å². The second-order valence-electron chi connectivity index (χ2n) is 5.96. The van der Waals surface area contributed by atoms with E-state index >= 15 is 0 Å². The number of rotatable bonds is 4. The van der Waals surface area contributed by atoms with E-state index in [0.717, 1.165) is 11.4 Å². The van der Waals surface area contributed by atoms with Crippen LogP contribution in [0.5, 0.6) is 0 Å². The highest BCUT2D eigenvalue weighted by Gasteiger charge is 2.25. The molecule has 0 amide bonds. The Bertz CT molecular complexity index is 396. The van der Waals surface area contributed by atoms with E-state index in [1.54, 1.807) is 0 Å². The van der Waals surface area contributed by atoms with E-state index in [2.05, 4.69) is 45.7 Å². The van der Waals surface area contributed by atoms with Crippen LogP contribution in [0.1, 0.15) is 33.3 Å². The molecule has 2 N–H and O–H groups in total. The number of anilines is 1. The molecule has 18 heavy (non-hydrogen) atoms. The highest BCUT2D eigenvalue weighted by Crippen LogP contribution is 2.31. The molecule has 0 aliphatic carbocycles. The number of hydrogen-bond donors (Lipinski definition) is 1. The SMILES string of the molecule is CC(N(C)c1ccc(Cl)cc1CCN)C(C)(C)C. The predicted molar refractivity (Wildman–Crippen MR) is 81.5 cm³/mol. The van der Waals surface area contributed by atoms with Crippen LogP contribution in [0, 0.1) is 5.41 Å². The largest absolute Gasteiger partial charge is 0.371 e. The number of nitrogens with zero attached hydrogens (tertiary/aromatic N) is 1. The van der Waals surface area contributed by atoms with E-state index in [4.69, 9.17) is 17.3 Å². The summed E-state index contributed by atoms with van der Waals surface area (Å²) in [5.74, 6) is 0. The molecule has 0 spiro atoms. The van der Waals surface area contributed by atoms with Gasteiger partial charge in [-0.1, -0.05) is 32.4 Å². The van der Waals surface area contributed by atoms with Gasteiger partial charge in [-0.05, 0) is 49.1 Å². The third-order valence-electron chi connectivity index (χ3n) is 3.67. The van der Waals surface area contributed by atoms with Crippen molar-refractivity contribution in [3.63, 3.8) is 0 Å². The second kappa shape index (κ2) is 5.94. The monoisotopic (exact) mass is 268 g/mol. The summed E-state index contributed by atoms with van der Waals surface area (Å²) in [5.41, 5.74) is 8.36. The summed E-state index contributed by atoms with van der Waals surface area (Å²) < 4.78 is 0. The van der Waals surface area contributed by atoms with Gasteiger partial charge in [0.05, 0.1) is 0 Å². The Labute approximate surface area is 116 Å². The molecule has 0 heterocycles. The summed E-state index contributed by atoms with van der Waals surface area (Å²) in [6.07, 6.45) is 0.858. The Morgan fingerprint density at radius 2 is 1.94 bits per heavy atom. The Hall–Kier alpha value is -0.730. The van der Waals surface area contributed by atoms with Crippen molar-refractivity contribution >= 4 is 17.3 Å². The van der Waals surface area contributed by atoms with Crippen molar-refractivity contribution in [2.75, 3.05) is 18.5 Å². The summed E-state index contributed by atoms with van der Waals surface area (Å²) in [6, 6.07) is 6.50. The van der Waals surface area contributed by atoms with E-state index in [9.17, 15) is 0 Å². The minimum Gasteiger partial charge on any atom is -0.371 e. The smallest absolute Gasteiger partial charge is 0.0410 e. The zero-order chi connectivity index (χ0) is 13.9. The lowest BCUT2D eigenvalue weighted by molar-refractivity contribution is 0.329. The van der Waals surface area contributed by atoms with Crippen molar-refractivity contribution in [1.82, 2.24) is 0 Å². The number of hydrogen-bond acceptors (Lipinski definition) is 2. The third-order valence-corrected chi connectivity index (χ3v) is 3.90. The average Bonchev–Trinajstić information content (AvgIpc) is 2.26. The molecule has 0 saturated heterocycles. The highest BCUT2D eigenvalue weighted by molar-refractivity contribution is 6.30. The van der Waals surface area contributed by atoms with Gasteiger partial charge in [-0.15, -0.1) is 0 Å². The topological polar surface area (TPSA) is 29.3 Å². The van der Waals surface area contributed by atoms with Gasteiger partial charge in [0, 0.05) is 23.8 Å². The van der Waals surface area contributed by atoms with Crippen LogP contribution in [-0.2, 0) is 6.42 Å². The van der Waals surface area contributed by atoms with Crippen molar-refractivity contribution in [3.8, 4) is 0 Å². The first kappa shape index (κ1) is 15.3. The molecule has 0 saturated carbocycles. The molecule has 1 unspecified atom stereocenters. The van der Waals surface area contributed by atoms with E-state index < -0.39 is 0 Å². The molecule has 3 heteroatoms. The molecule has 0 aromatic heterocycles. The second-order valence-corrected chi connectivity index (χ2v) is 6.40. The van der Waals surface area contributed by atoms with Crippen molar-refractivity contribution < 1.29 is 0 Å². The Balaban J connectivity index is 3.08. The van der Waals surface area contributed by atoms with Gasteiger partial charge in [0.1, 0.15) is 0 Å². The standard InChI is InChI=1S/C15H25ClN2/c1-11(15(2,3)4)18(5)14-7-6-13(16)10-12(14)8-9-17/h6-7,10-11H,8-9,17H2,1-5H3. The van der Waals surface area contributed by atoms with E-state index in [1.807, 2.05) is 12.1 Å². The fraction of sp³-hybridized carbons (Fsp3) is 0.600. The molecule has 0 aliphatic rings. The molecule has 2 nitrogen and oxygen atoms in total. The normalized spacial score (nSPS) is 13.5. The molecule has 0 bridgehead atoms. The van der Waals surface area contributed by atoms with Gasteiger partial charge < -0.3 is 10.6 Å². The van der Waals surface area contributed by atoms with Crippen LogP contribution >= 0.6 is 11.6 Å².